The molecule has 4 heteroatoms. The molecule has 1 rings (SSSR count). The number of aromatic nitrogens is 1. The van der Waals surface area contributed by atoms with Crippen LogP contribution in [0.5, 0.6) is 0 Å². The van der Waals surface area contributed by atoms with E-state index >= 15 is 0 Å². The number of nitrogens with zero attached hydrogens (tertiary/aromatic N) is 2. The monoisotopic (exact) mass is 221 g/mol. The van der Waals surface area contributed by atoms with Crippen LogP contribution in [0.1, 0.15) is 29.9 Å². The fourth-order valence-corrected chi connectivity index (χ4v) is 1.28. The molecular formula is C12H19N3O. The number of hydrogen-bond donors (Lipinski definition) is 1. The average molecular weight is 221 g/mol. The molecule has 0 saturated heterocycles. The van der Waals surface area contributed by atoms with E-state index in [4.69, 9.17) is 5.73 Å². The number of carbonyl (C=O) groups excluding carboxylic acids is 1. The van der Waals surface area contributed by atoms with Crippen molar-refractivity contribution in [2.45, 2.75) is 26.3 Å². The summed E-state index contributed by atoms with van der Waals surface area (Å²) in [5, 5.41) is 0. The van der Waals surface area contributed by atoms with Crippen molar-refractivity contribution in [1.29, 1.82) is 0 Å². The van der Waals surface area contributed by atoms with Gasteiger partial charge in [-0.05, 0) is 32.9 Å². The van der Waals surface area contributed by atoms with E-state index in [1.54, 1.807) is 30.3 Å². The second-order valence-electron chi connectivity index (χ2n) is 4.57. The van der Waals surface area contributed by atoms with E-state index in [0.29, 0.717) is 12.1 Å². The number of nitrogens with two attached hydrogens (primary N) is 1. The number of rotatable bonds is 3. The van der Waals surface area contributed by atoms with Crippen LogP contribution in [0.15, 0.2) is 18.3 Å². The smallest absolute Gasteiger partial charge is 0.254 e. The van der Waals surface area contributed by atoms with Crippen LogP contribution < -0.4 is 5.73 Å². The Morgan fingerprint density at radius 2 is 2.19 bits per heavy atom. The van der Waals surface area contributed by atoms with E-state index < -0.39 is 0 Å². The largest absolute Gasteiger partial charge is 0.335 e. The molecule has 2 N–H and O–H groups in total. The third kappa shape index (κ3) is 2.58. The minimum atomic E-state index is -0.339. The summed E-state index contributed by atoms with van der Waals surface area (Å²) < 4.78 is 0. The van der Waals surface area contributed by atoms with Crippen molar-refractivity contribution in [3.05, 3.63) is 29.6 Å². The summed E-state index contributed by atoms with van der Waals surface area (Å²) in [5.74, 6) is -0.0269. The predicted octanol–water partition coefficient (Wildman–Crippen LogP) is 1.20. The van der Waals surface area contributed by atoms with E-state index in [9.17, 15) is 4.79 Å². The quantitative estimate of drug-likeness (QED) is 0.834. The molecule has 0 radical (unpaired) electrons. The molecule has 0 aliphatic rings. The van der Waals surface area contributed by atoms with Crippen LogP contribution in [-0.2, 0) is 0 Å². The SMILES string of the molecule is Cc1cc(C(=O)N(C)C(C)(C)CN)ccn1. The van der Waals surface area contributed by atoms with E-state index in [0.717, 1.165) is 5.69 Å². The molecule has 0 aliphatic carbocycles. The average Bonchev–Trinajstić information content (AvgIpc) is 2.27. The summed E-state index contributed by atoms with van der Waals surface area (Å²) in [6.45, 7) is 6.18. The minimum absolute atomic E-state index is 0.0269. The number of pyridine rings is 1. The lowest BCUT2D eigenvalue weighted by Crippen LogP contribution is -2.50. The maximum Gasteiger partial charge on any atom is 0.254 e. The van der Waals surface area contributed by atoms with Crippen molar-refractivity contribution in [2.24, 2.45) is 5.73 Å². The van der Waals surface area contributed by atoms with E-state index in [-0.39, 0.29) is 11.4 Å². The number of hydrogen-bond acceptors (Lipinski definition) is 3. The molecule has 88 valence electrons. The summed E-state index contributed by atoms with van der Waals surface area (Å²) in [6, 6.07) is 3.50. The Hall–Kier alpha value is -1.42. The molecule has 1 aromatic heterocycles. The second kappa shape index (κ2) is 4.61. The molecule has 0 saturated carbocycles. The maximum absolute atomic E-state index is 12.1. The van der Waals surface area contributed by atoms with Gasteiger partial charge < -0.3 is 10.6 Å². The first-order valence-corrected chi connectivity index (χ1v) is 5.29. The number of aryl methyl sites for hydroxylation is 1. The van der Waals surface area contributed by atoms with Crippen molar-refractivity contribution in [3.8, 4) is 0 Å². The standard InChI is InChI=1S/C12H19N3O/c1-9-7-10(5-6-14-9)11(16)15(4)12(2,3)8-13/h5-7H,8,13H2,1-4H3. The number of likely N-dealkylation sites (N-methyl/N-ethyl adjacent to an activating group) is 1. The van der Waals surface area contributed by atoms with Crippen LogP contribution in [0, 0.1) is 6.92 Å². The lowest BCUT2D eigenvalue weighted by molar-refractivity contribution is 0.0640. The lowest BCUT2D eigenvalue weighted by Gasteiger charge is -2.34. The second-order valence-corrected chi connectivity index (χ2v) is 4.57. The van der Waals surface area contributed by atoms with Gasteiger partial charge in [-0.1, -0.05) is 0 Å². The Morgan fingerprint density at radius 3 is 2.69 bits per heavy atom. The van der Waals surface area contributed by atoms with Gasteiger partial charge in [-0.25, -0.2) is 0 Å². The van der Waals surface area contributed by atoms with Gasteiger partial charge in [-0.2, -0.15) is 0 Å². The highest BCUT2D eigenvalue weighted by Crippen LogP contribution is 2.14. The first-order chi connectivity index (χ1) is 7.38. The minimum Gasteiger partial charge on any atom is -0.335 e. The van der Waals surface area contributed by atoms with Crippen molar-refractivity contribution in [3.63, 3.8) is 0 Å². The third-order valence-electron chi connectivity index (χ3n) is 2.86. The van der Waals surface area contributed by atoms with Crippen molar-refractivity contribution >= 4 is 5.91 Å². The van der Waals surface area contributed by atoms with E-state index in [1.165, 1.54) is 0 Å². The molecule has 0 aliphatic heterocycles. The Labute approximate surface area is 96.5 Å². The Morgan fingerprint density at radius 1 is 1.56 bits per heavy atom. The van der Waals surface area contributed by atoms with Crippen LogP contribution in [0.3, 0.4) is 0 Å². The predicted molar refractivity (Wildman–Crippen MR) is 64.2 cm³/mol. The molecule has 0 bridgehead atoms. The van der Waals surface area contributed by atoms with Gasteiger partial charge in [0.25, 0.3) is 5.91 Å². The summed E-state index contributed by atoms with van der Waals surface area (Å²) in [4.78, 5) is 17.9. The van der Waals surface area contributed by atoms with Crippen molar-refractivity contribution < 1.29 is 4.79 Å². The fourth-order valence-electron chi connectivity index (χ4n) is 1.28. The zero-order valence-electron chi connectivity index (χ0n) is 10.3. The normalized spacial score (nSPS) is 11.3. The van der Waals surface area contributed by atoms with Crippen LogP contribution in [0.2, 0.25) is 0 Å². The topological polar surface area (TPSA) is 59.2 Å². The summed E-state index contributed by atoms with van der Waals surface area (Å²) in [7, 11) is 1.77. The molecule has 0 spiro atoms. The zero-order valence-corrected chi connectivity index (χ0v) is 10.3. The Kier molecular flexibility index (Phi) is 3.65. The first kappa shape index (κ1) is 12.6. The summed E-state index contributed by atoms with van der Waals surface area (Å²) in [6.07, 6.45) is 1.64. The molecule has 1 aromatic rings. The van der Waals surface area contributed by atoms with Crippen molar-refractivity contribution in [1.82, 2.24) is 9.88 Å². The van der Waals surface area contributed by atoms with Gasteiger partial charge in [-0.15, -0.1) is 0 Å². The van der Waals surface area contributed by atoms with Gasteiger partial charge in [0.15, 0.2) is 0 Å². The van der Waals surface area contributed by atoms with Gasteiger partial charge in [0.2, 0.25) is 0 Å². The molecule has 0 atom stereocenters. The van der Waals surface area contributed by atoms with Gasteiger partial charge in [-0.3, -0.25) is 9.78 Å². The van der Waals surface area contributed by atoms with Gasteiger partial charge >= 0.3 is 0 Å². The highest BCUT2D eigenvalue weighted by Gasteiger charge is 2.26. The number of amides is 1. The molecule has 4 nitrogen and oxygen atoms in total. The fraction of sp³-hybridized carbons (Fsp3) is 0.500. The Bertz CT molecular complexity index is 388. The van der Waals surface area contributed by atoms with E-state index in [1.807, 2.05) is 20.8 Å². The Balaban J connectivity index is 2.95. The molecule has 1 heterocycles. The highest BCUT2D eigenvalue weighted by molar-refractivity contribution is 5.94. The third-order valence-corrected chi connectivity index (χ3v) is 2.86. The van der Waals surface area contributed by atoms with E-state index in [2.05, 4.69) is 4.98 Å². The molecule has 0 unspecified atom stereocenters. The van der Waals surface area contributed by atoms with Crippen LogP contribution >= 0.6 is 0 Å². The zero-order chi connectivity index (χ0) is 12.3. The molecule has 0 fully saturated rings. The van der Waals surface area contributed by atoms with Gasteiger partial charge in [0.05, 0.1) is 0 Å². The molecule has 1 amide bonds. The summed E-state index contributed by atoms with van der Waals surface area (Å²) >= 11 is 0. The highest BCUT2D eigenvalue weighted by atomic mass is 16.2. The molecular weight excluding hydrogens is 202 g/mol. The molecule has 16 heavy (non-hydrogen) atoms. The number of carbonyl (C=O) groups is 1. The van der Waals surface area contributed by atoms with Gasteiger partial charge in [0.1, 0.15) is 0 Å². The van der Waals surface area contributed by atoms with Crippen molar-refractivity contribution in [2.75, 3.05) is 13.6 Å². The van der Waals surface area contributed by atoms with Crippen LogP contribution in [0.4, 0.5) is 0 Å². The maximum atomic E-state index is 12.1. The first-order valence-electron chi connectivity index (χ1n) is 5.29. The molecule has 0 aromatic carbocycles. The van der Waals surface area contributed by atoms with Crippen LogP contribution in [-0.4, -0.2) is 34.9 Å². The van der Waals surface area contributed by atoms with Gasteiger partial charge in [0, 0.05) is 36.6 Å². The van der Waals surface area contributed by atoms with Crippen LogP contribution in [0.25, 0.3) is 0 Å². The lowest BCUT2D eigenvalue weighted by atomic mass is 10.0. The summed E-state index contributed by atoms with van der Waals surface area (Å²) in [5.41, 5.74) is 6.80.